The van der Waals surface area contributed by atoms with Crippen LogP contribution in [0.15, 0.2) is 22.6 Å². The van der Waals surface area contributed by atoms with Crippen molar-refractivity contribution in [2.24, 2.45) is 5.92 Å². The van der Waals surface area contributed by atoms with Gasteiger partial charge in [-0.15, -0.1) is 0 Å². The molecule has 1 aliphatic carbocycles. The number of hydrogen-bond donors (Lipinski definition) is 4. The van der Waals surface area contributed by atoms with Crippen molar-refractivity contribution in [3.8, 4) is 23.0 Å². The van der Waals surface area contributed by atoms with Crippen molar-refractivity contribution in [1.82, 2.24) is 20.5 Å². The number of carboxylic acid groups (broad SMARTS) is 1. The van der Waals surface area contributed by atoms with Crippen LogP contribution in [0.3, 0.4) is 0 Å². The van der Waals surface area contributed by atoms with Crippen LogP contribution >= 0.6 is 0 Å². The zero-order valence-electron chi connectivity index (χ0n) is 25.0. The van der Waals surface area contributed by atoms with E-state index >= 15 is 0 Å². The maximum atomic E-state index is 13.4. The van der Waals surface area contributed by atoms with Gasteiger partial charge in [0.15, 0.2) is 23.0 Å². The van der Waals surface area contributed by atoms with E-state index in [0.29, 0.717) is 18.1 Å². The number of hydrogen-bond acceptors (Lipinski definition) is 9. The number of piperidine rings is 1. The van der Waals surface area contributed by atoms with E-state index in [4.69, 9.17) is 13.9 Å². The van der Waals surface area contributed by atoms with Gasteiger partial charge in [0.2, 0.25) is 5.89 Å². The second-order valence-electron chi connectivity index (χ2n) is 12.1. The van der Waals surface area contributed by atoms with Crippen molar-refractivity contribution < 1.29 is 52.0 Å². The summed E-state index contributed by atoms with van der Waals surface area (Å²) < 4.78 is 47.7. The van der Waals surface area contributed by atoms with Crippen LogP contribution in [0.1, 0.15) is 75.7 Å². The number of amides is 3. The van der Waals surface area contributed by atoms with Crippen molar-refractivity contribution in [3.05, 3.63) is 29.7 Å². The molecule has 1 aliphatic heterocycles. The number of nitrogens with zero attached hydrogens (tertiary/aromatic N) is 2. The summed E-state index contributed by atoms with van der Waals surface area (Å²) in [5.41, 5.74) is -2.03. The average Bonchev–Trinajstić information content (AvgIpc) is 3.65. The lowest BCUT2D eigenvalue weighted by molar-refractivity contribution is -0.0515. The number of carbonyl (C=O) groups is 3. The smallest absolute Gasteiger partial charge is 0.408 e. The summed E-state index contributed by atoms with van der Waals surface area (Å²) in [5.74, 6) is -0.593. The van der Waals surface area contributed by atoms with Crippen molar-refractivity contribution in [1.29, 1.82) is 0 Å². The van der Waals surface area contributed by atoms with Crippen molar-refractivity contribution in [3.63, 3.8) is 0 Å². The molecule has 242 valence electrons. The first kappa shape index (κ1) is 32.8. The molecule has 2 aliphatic rings. The van der Waals surface area contributed by atoms with E-state index in [9.17, 15) is 33.4 Å². The van der Waals surface area contributed by atoms with Gasteiger partial charge in [0, 0.05) is 25.2 Å². The Hall–Kier alpha value is -4.14. The standard InChI is InChI=1S/C29H38F2N4O9/c1-16(33-26(37)44-28(2,3)4)22-21(23(36)32-15-29(40)9-11-35(12-10-29)27(38)39)34-24(43-22)18-7-8-19(42-25(30)31)20(13-18)41-14-17-5-6-17/h7-8,13,16-17,25,40H,5-6,9-12,14-15H2,1-4H3,(H,32,36)(H,33,37)(H,38,39). The summed E-state index contributed by atoms with van der Waals surface area (Å²) in [7, 11) is 0. The van der Waals surface area contributed by atoms with Crippen LogP contribution in [-0.4, -0.2) is 82.2 Å². The number of ether oxygens (including phenoxy) is 3. The summed E-state index contributed by atoms with van der Waals surface area (Å²) >= 11 is 0. The van der Waals surface area contributed by atoms with Gasteiger partial charge < -0.3 is 44.4 Å². The highest BCUT2D eigenvalue weighted by atomic mass is 19.3. The van der Waals surface area contributed by atoms with Crippen molar-refractivity contribution >= 4 is 18.1 Å². The molecule has 1 saturated carbocycles. The third-order valence-corrected chi connectivity index (χ3v) is 7.12. The van der Waals surface area contributed by atoms with E-state index in [1.54, 1.807) is 27.7 Å². The van der Waals surface area contributed by atoms with Crippen LogP contribution in [0.25, 0.3) is 11.5 Å². The maximum absolute atomic E-state index is 13.4. The minimum Gasteiger partial charge on any atom is -0.489 e. The van der Waals surface area contributed by atoms with Crippen molar-refractivity contribution in [2.45, 2.75) is 77.2 Å². The third-order valence-electron chi connectivity index (χ3n) is 7.12. The Morgan fingerprint density at radius 2 is 1.86 bits per heavy atom. The van der Waals surface area contributed by atoms with Crippen molar-refractivity contribution in [2.75, 3.05) is 26.2 Å². The number of halogens is 2. The number of alkyl halides is 2. The van der Waals surface area contributed by atoms with E-state index < -0.39 is 41.9 Å². The van der Waals surface area contributed by atoms with Gasteiger partial charge in [-0.05, 0) is 77.5 Å². The van der Waals surface area contributed by atoms with Gasteiger partial charge in [-0.3, -0.25) is 4.79 Å². The van der Waals surface area contributed by atoms with Gasteiger partial charge in [-0.25, -0.2) is 14.6 Å². The minimum atomic E-state index is -3.07. The molecule has 1 aromatic carbocycles. The first-order valence-corrected chi connectivity index (χ1v) is 14.3. The lowest BCUT2D eigenvalue weighted by Crippen LogP contribution is -2.52. The molecule has 4 N–H and O–H groups in total. The molecule has 4 rings (SSSR count). The first-order valence-electron chi connectivity index (χ1n) is 14.3. The summed E-state index contributed by atoms with van der Waals surface area (Å²) in [5, 5.41) is 25.4. The molecule has 2 fully saturated rings. The number of rotatable bonds is 11. The van der Waals surface area contributed by atoms with Crippen LogP contribution in [0.4, 0.5) is 18.4 Å². The molecule has 13 nitrogen and oxygen atoms in total. The Kier molecular flexibility index (Phi) is 9.86. The molecule has 15 heteroatoms. The molecule has 0 spiro atoms. The number of carbonyl (C=O) groups excluding carboxylic acids is 2. The molecule has 1 aromatic heterocycles. The lowest BCUT2D eigenvalue weighted by Gasteiger charge is -2.36. The monoisotopic (exact) mass is 624 g/mol. The molecule has 1 saturated heterocycles. The Bertz CT molecular complexity index is 1350. The van der Waals surface area contributed by atoms with Crippen LogP contribution in [0, 0.1) is 5.92 Å². The van der Waals surface area contributed by atoms with Gasteiger partial charge in [0.05, 0.1) is 18.2 Å². The zero-order valence-corrected chi connectivity index (χ0v) is 25.0. The van der Waals surface area contributed by atoms with Crippen LogP contribution < -0.4 is 20.1 Å². The summed E-state index contributed by atoms with van der Waals surface area (Å²) in [6.07, 6.45) is 0.326. The number of aliphatic hydroxyl groups is 1. The average molecular weight is 625 g/mol. The molecule has 0 bridgehead atoms. The van der Waals surface area contributed by atoms with Crippen LogP contribution in [0.5, 0.6) is 11.5 Å². The number of benzene rings is 1. The van der Waals surface area contributed by atoms with E-state index in [1.807, 2.05) is 0 Å². The SMILES string of the molecule is CC(NC(=O)OC(C)(C)C)c1oc(-c2ccc(OC(F)F)c(OCC3CC3)c2)nc1C(=O)NCC1(O)CCN(C(=O)O)CC1. The molecular formula is C29H38F2N4O9. The lowest BCUT2D eigenvalue weighted by atomic mass is 9.91. The molecule has 0 radical (unpaired) electrons. The highest BCUT2D eigenvalue weighted by Crippen LogP contribution is 2.37. The third kappa shape index (κ3) is 8.94. The fraction of sp³-hybridized carbons (Fsp3) is 0.586. The summed E-state index contributed by atoms with van der Waals surface area (Å²) in [4.78, 5) is 42.6. The van der Waals surface area contributed by atoms with Gasteiger partial charge in [-0.2, -0.15) is 8.78 Å². The molecule has 44 heavy (non-hydrogen) atoms. The number of likely N-dealkylation sites (tertiary alicyclic amines) is 1. The molecule has 1 atom stereocenters. The predicted molar refractivity (Wildman–Crippen MR) is 151 cm³/mol. The number of nitrogens with one attached hydrogen (secondary N) is 2. The number of alkyl carbamates (subject to hydrolysis) is 1. The Morgan fingerprint density at radius 1 is 1.18 bits per heavy atom. The Labute approximate surface area is 252 Å². The predicted octanol–water partition coefficient (Wildman–Crippen LogP) is 4.55. The van der Waals surface area contributed by atoms with E-state index in [2.05, 4.69) is 20.4 Å². The minimum absolute atomic E-state index is 0.0237. The molecular weight excluding hydrogens is 586 g/mol. The fourth-order valence-corrected chi connectivity index (χ4v) is 4.52. The Morgan fingerprint density at radius 3 is 2.45 bits per heavy atom. The van der Waals surface area contributed by atoms with Crippen LogP contribution in [-0.2, 0) is 4.74 Å². The van der Waals surface area contributed by atoms with Crippen LogP contribution in [0.2, 0.25) is 0 Å². The highest BCUT2D eigenvalue weighted by Gasteiger charge is 2.35. The van der Waals surface area contributed by atoms with Gasteiger partial charge >= 0.3 is 18.8 Å². The second-order valence-corrected chi connectivity index (χ2v) is 12.1. The van der Waals surface area contributed by atoms with Gasteiger partial charge in [0.25, 0.3) is 5.91 Å². The molecule has 2 heterocycles. The van der Waals surface area contributed by atoms with E-state index in [-0.39, 0.29) is 61.3 Å². The van der Waals surface area contributed by atoms with E-state index in [0.717, 1.165) is 12.8 Å². The quantitative estimate of drug-likeness (QED) is 0.278. The summed E-state index contributed by atoms with van der Waals surface area (Å²) in [6.45, 7) is 3.91. The van der Waals surface area contributed by atoms with Gasteiger partial charge in [0.1, 0.15) is 5.60 Å². The maximum Gasteiger partial charge on any atom is 0.408 e. The molecule has 1 unspecified atom stereocenters. The van der Waals surface area contributed by atoms with E-state index in [1.165, 1.54) is 23.1 Å². The fourth-order valence-electron chi connectivity index (χ4n) is 4.52. The van der Waals surface area contributed by atoms with Gasteiger partial charge in [-0.1, -0.05) is 0 Å². The Balaban J connectivity index is 1.59. The second kappa shape index (κ2) is 13.2. The zero-order chi connectivity index (χ0) is 32.2. The number of aromatic nitrogens is 1. The normalized spacial score (nSPS) is 17.1. The highest BCUT2D eigenvalue weighted by molar-refractivity contribution is 5.94. The molecule has 2 aromatic rings. The largest absolute Gasteiger partial charge is 0.489 e. The topological polar surface area (TPSA) is 173 Å². The summed E-state index contributed by atoms with van der Waals surface area (Å²) in [6, 6.07) is 3.22. The first-order chi connectivity index (χ1) is 20.6. The molecule has 3 amide bonds. The number of oxazole rings is 1.